The van der Waals surface area contributed by atoms with Gasteiger partial charge in [0.2, 0.25) is 0 Å². The number of hydrogen-bond acceptors (Lipinski definition) is 3. The van der Waals surface area contributed by atoms with Crippen LogP contribution in [0.5, 0.6) is 0 Å². The Balaban J connectivity index is 2.03. The van der Waals surface area contributed by atoms with Crippen molar-refractivity contribution >= 4 is 22.7 Å². The summed E-state index contributed by atoms with van der Waals surface area (Å²) in [6.07, 6.45) is 0. The van der Waals surface area contributed by atoms with Gasteiger partial charge >= 0.3 is 0 Å². The van der Waals surface area contributed by atoms with Gasteiger partial charge in [-0.2, -0.15) is 0 Å². The monoisotopic (exact) mass is 251 g/mol. The van der Waals surface area contributed by atoms with Gasteiger partial charge in [-0.05, 0) is 49.2 Å². The van der Waals surface area contributed by atoms with Crippen LogP contribution in [0.2, 0.25) is 0 Å². The minimum absolute atomic E-state index is 0.427. The second-order valence-electron chi connectivity index (χ2n) is 4.09. The molecule has 1 nitrogen and oxygen atoms in total. The van der Waals surface area contributed by atoms with E-state index >= 15 is 0 Å². The smallest absolute Gasteiger partial charge is 0.0394 e. The maximum atomic E-state index is 3.65. The fourth-order valence-electron chi connectivity index (χ4n) is 1.90. The lowest BCUT2D eigenvalue weighted by Gasteiger charge is -2.18. The number of nitrogens with one attached hydrogen (secondary N) is 1. The van der Waals surface area contributed by atoms with E-state index in [0.29, 0.717) is 12.1 Å². The first kappa shape index (κ1) is 11.8. The third-order valence-corrected chi connectivity index (χ3v) is 5.02. The molecule has 16 heavy (non-hydrogen) atoms. The van der Waals surface area contributed by atoms with Crippen molar-refractivity contribution in [2.75, 3.05) is 0 Å². The molecule has 2 aromatic rings. The van der Waals surface area contributed by atoms with E-state index in [-0.39, 0.29) is 0 Å². The van der Waals surface area contributed by atoms with Crippen LogP contribution in [0.15, 0.2) is 29.0 Å². The first-order chi connectivity index (χ1) is 7.68. The fraction of sp³-hybridized carbons (Fsp3) is 0.385. The molecule has 0 bridgehead atoms. The Labute approximate surface area is 105 Å². The maximum Gasteiger partial charge on any atom is 0.0394 e. The van der Waals surface area contributed by atoms with Gasteiger partial charge in [0.05, 0.1) is 0 Å². The summed E-state index contributed by atoms with van der Waals surface area (Å²) in [5, 5.41) is 7.95. The molecule has 0 aliphatic rings. The summed E-state index contributed by atoms with van der Waals surface area (Å²) in [7, 11) is 0. The largest absolute Gasteiger partial charge is 0.302 e. The van der Waals surface area contributed by atoms with Crippen LogP contribution >= 0.6 is 22.7 Å². The molecule has 0 amide bonds. The van der Waals surface area contributed by atoms with Crippen molar-refractivity contribution in [3.05, 3.63) is 44.3 Å². The Morgan fingerprint density at radius 3 is 2.44 bits per heavy atom. The Morgan fingerprint density at radius 1 is 1.06 bits per heavy atom. The molecule has 0 aromatic carbocycles. The molecule has 2 unspecified atom stereocenters. The number of thiophene rings is 2. The van der Waals surface area contributed by atoms with Crippen molar-refractivity contribution in [3.8, 4) is 0 Å². The quantitative estimate of drug-likeness (QED) is 0.842. The molecule has 2 rings (SSSR count). The van der Waals surface area contributed by atoms with Crippen molar-refractivity contribution in [3.63, 3.8) is 0 Å². The van der Waals surface area contributed by atoms with Gasteiger partial charge in [-0.15, -0.1) is 22.7 Å². The predicted octanol–water partition coefficient (Wildman–Crippen LogP) is 4.53. The van der Waals surface area contributed by atoms with Crippen molar-refractivity contribution in [2.45, 2.75) is 32.9 Å². The van der Waals surface area contributed by atoms with Gasteiger partial charge in [0.25, 0.3) is 0 Å². The standard InChI is InChI=1S/C13H17NS2/c1-9-6-8-16-13(9)11(3)14-10(2)12-5-4-7-15-12/h4-8,10-11,14H,1-3H3. The van der Waals surface area contributed by atoms with E-state index in [4.69, 9.17) is 0 Å². The van der Waals surface area contributed by atoms with Gasteiger partial charge in [-0.25, -0.2) is 0 Å². The van der Waals surface area contributed by atoms with Crippen LogP contribution in [-0.4, -0.2) is 0 Å². The zero-order chi connectivity index (χ0) is 11.5. The third-order valence-electron chi connectivity index (χ3n) is 2.76. The van der Waals surface area contributed by atoms with Gasteiger partial charge < -0.3 is 5.32 Å². The molecule has 2 aromatic heterocycles. The van der Waals surface area contributed by atoms with Crippen LogP contribution in [0.1, 0.15) is 41.2 Å². The summed E-state index contributed by atoms with van der Waals surface area (Å²) >= 11 is 3.65. The summed E-state index contributed by atoms with van der Waals surface area (Å²) in [6, 6.07) is 7.34. The lowest BCUT2D eigenvalue weighted by Crippen LogP contribution is -2.21. The molecule has 0 saturated heterocycles. The minimum Gasteiger partial charge on any atom is -0.302 e. The summed E-state index contributed by atoms with van der Waals surface area (Å²) in [5.41, 5.74) is 1.39. The highest BCUT2D eigenvalue weighted by molar-refractivity contribution is 7.10. The van der Waals surface area contributed by atoms with E-state index in [1.807, 2.05) is 22.7 Å². The van der Waals surface area contributed by atoms with E-state index < -0.39 is 0 Å². The maximum absolute atomic E-state index is 3.65. The third kappa shape index (κ3) is 2.54. The minimum atomic E-state index is 0.427. The molecule has 0 aliphatic heterocycles. The number of aryl methyl sites for hydroxylation is 1. The molecule has 86 valence electrons. The lowest BCUT2D eigenvalue weighted by molar-refractivity contribution is 0.504. The SMILES string of the molecule is Cc1ccsc1C(C)NC(C)c1cccs1. The summed E-state index contributed by atoms with van der Waals surface area (Å²) < 4.78 is 0. The van der Waals surface area contributed by atoms with Crippen LogP contribution in [-0.2, 0) is 0 Å². The normalized spacial score (nSPS) is 14.9. The molecular weight excluding hydrogens is 234 g/mol. The van der Waals surface area contributed by atoms with E-state index in [1.165, 1.54) is 15.3 Å². The lowest BCUT2D eigenvalue weighted by atomic mass is 10.1. The summed E-state index contributed by atoms with van der Waals surface area (Å²) in [6.45, 7) is 6.65. The van der Waals surface area contributed by atoms with E-state index in [9.17, 15) is 0 Å². The van der Waals surface area contributed by atoms with Crippen LogP contribution < -0.4 is 5.32 Å². The fourth-order valence-corrected chi connectivity index (χ4v) is 3.59. The Hall–Kier alpha value is -0.640. The van der Waals surface area contributed by atoms with Gasteiger partial charge in [0.1, 0.15) is 0 Å². The topological polar surface area (TPSA) is 12.0 Å². The molecular formula is C13H17NS2. The van der Waals surface area contributed by atoms with Gasteiger partial charge in [-0.3, -0.25) is 0 Å². The second kappa shape index (κ2) is 5.13. The van der Waals surface area contributed by atoms with Crippen LogP contribution in [0.3, 0.4) is 0 Å². The van der Waals surface area contributed by atoms with Gasteiger partial charge in [-0.1, -0.05) is 6.07 Å². The average Bonchev–Trinajstić information content (AvgIpc) is 2.86. The number of hydrogen-bond donors (Lipinski definition) is 1. The van der Waals surface area contributed by atoms with Gasteiger partial charge in [0.15, 0.2) is 0 Å². The zero-order valence-corrected chi connectivity index (χ0v) is 11.5. The number of rotatable bonds is 4. The molecule has 3 heteroatoms. The van der Waals surface area contributed by atoms with Crippen molar-refractivity contribution in [2.24, 2.45) is 0 Å². The van der Waals surface area contributed by atoms with E-state index in [0.717, 1.165) is 0 Å². The van der Waals surface area contributed by atoms with E-state index in [2.05, 4.69) is 55.0 Å². The summed E-state index contributed by atoms with van der Waals surface area (Å²) in [4.78, 5) is 2.85. The van der Waals surface area contributed by atoms with E-state index in [1.54, 1.807) is 0 Å². The van der Waals surface area contributed by atoms with Gasteiger partial charge in [0, 0.05) is 21.8 Å². The van der Waals surface area contributed by atoms with Crippen LogP contribution in [0.25, 0.3) is 0 Å². The zero-order valence-electron chi connectivity index (χ0n) is 9.86. The first-order valence-electron chi connectivity index (χ1n) is 5.52. The molecule has 2 heterocycles. The highest BCUT2D eigenvalue weighted by Crippen LogP contribution is 2.27. The van der Waals surface area contributed by atoms with Crippen molar-refractivity contribution < 1.29 is 0 Å². The molecule has 2 atom stereocenters. The van der Waals surface area contributed by atoms with Crippen molar-refractivity contribution in [1.29, 1.82) is 0 Å². The Kier molecular flexibility index (Phi) is 3.79. The Morgan fingerprint density at radius 2 is 1.88 bits per heavy atom. The average molecular weight is 251 g/mol. The molecule has 0 radical (unpaired) electrons. The Bertz CT molecular complexity index is 430. The first-order valence-corrected chi connectivity index (χ1v) is 7.28. The molecule has 1 N–H and O–H groups in total. The second-order valence-corrected chi connectivity index (χ2v) is 6.02. The molecule has 0 fully saturated rings. The van der Waals surface area contributed by atoms with Crippen LogP contribution in [0, 0.1) is 6.92 Å². The molecule has 0 spiro atoms. The molecule has 0 saturated carbocycles. The summed E-state index contributed by atoms with van der Waals surface area (Å²) in [5.74, 6) is 0. The van der Waals surface area contributed by atoms with Crippen molar-refractivity contribution in [1.82, 2.24) is 5.32 Å². The predicted molar refractivity (Wildman–Crippen MR) is 73.3 cm³/mol. The molecule has 0 aliphatic carbocycles. The highest BCUT2D eigenvalue weighted by Gasteiger charge is 2.14. The van der Waals surface area contributed by atoms with Crippen LogP contribution in [0.4, 0.5) is 0 Å². The highest BCUT2D eigenvalue weighted by atomic mass is 32.1.